The number of likely N-dealkylation sites (tertiary alicyclic amines) is 1. The average Bonchev–Trinajstić information content (AvgIpc) is 3.72. The predicted molar refractivity (Wildman–Crippen MR) is 197 cm³/mol. The van der Waals surface area contributed by atoms with Gasteiger partial charge in [-0.1, -0.05) is 6.42 Å². The highest BCUT2D eigenvalue weighted by Gasteiger charge is 2.51. The summed E-state index contributed by atoms with van der Waals surface area (Å²) in [6.45, 7) is 12.7. The molecule has 3 aromatic heterocycles. The number of nitrogens with zero attached hydrogens (tertiary/aromatic N) is 6. The number of fused-ring (bicyclic) bond motifs is 3. The molecular formula is C39H52FN7O5. The molecule has 3 saturated heterocycles. The minimum absolute atomic E-state index is 0.0488. The number of aryl methyl sites for hydroxylation is 1. The average molecular weight is 718 g/mol. The minimum atomic E-state index is -1.17. The molecule has 4 aliphatic rings. The first kappa shape index (κ1) is 35.4. The maximum Gasteiger partial charge on any atom is 0.319 e. The summed E-state index contributed by atoms with van der Waals surface area (Å²) in [5.74, 6) is -0.0136. The van der Waals surface area contributed by atoms with Gasteiger partial charge in [-0.05, 0) is 96.9 Å². The molecule has 4 aromatic rings. The normalized spacial score (nSPS) is 30.1. The Morgan fingerprint density at radius 3 is 2.67 bits per heavy atom. The molecule has 13 heteroatoms. The number of rotatable bonds is 7. The highest BCUT2D eigenvalue weighted by Crippen LogP contribution is 2.50. The van der Waals surface area contributed by atoms with E-state index in [2.05, 4.69) is 28.9 Å². The van der Waals surface area contributed by atoms with Crippen molar-refractivity contribution in [1.29, 1.82) is 0 Å². The standard InChI is InChI=1S/C39H52FN7O5/c1-22-15-28-27(18-41-45-28)30(25(22)4)33-32(40)34-31(36(42-33)49-6)35(46-13-14-50-20-38(5,48)19-46)44-37(43-34)51-21-39-10-7-9-29(39)47(12-8-11-39)26-16-23(2)52-24(3)17-26/h15,18,23-24,26,29,48H,7-14,16-17,19-21H2,1-6H3,(H,41,45)/t23-,24+,26?,29-,38+,39-/m1/s1. The third-order valence-electron chi connectivity index (χ3n) is 12.1. The van der Waals surface area contributed by atoms with Crippen LogP contribution < -0.4 is 14.4 Å². The lowest BCUT2D eigenvalue weighted by atomic mass is 9.74. The van der Waals surface area contributed by atoms with Gasteiger partial charge < -0.3 is 29.0 Å². The fourth-order valence-electron chi connectivity index (χ4n) is 9.75. The molecular weight excluding hydrogens is 665 g/mol. The Morgan fingerprint density at radius 1 is 1.10 bits per heavy atom. The summed E-state index contributed by atoms with van der Waals surface area (Å²) in [7, 11) is 1.52. The van der Waals surface area contributed by atoms with E-state index in [1.165, 1.54) is 7.11 Å². The number of piperidine rings is 1. The van der Waals surface area contributed by atoms with Crippen LogP contribution in [0.3, 0.4) is 0 Å². The number of nitrogens with one attached hydrogen (secondary N) is 1. The number of benzene rings is 1. The number of H-pyrrole nitrogens is 1. The maximum absolute atomic E-state index is 17.3. The number of aromatic amines is 1. The van der Waals surface area contributed by atoms with Gasteiger partial charge in [-0.25, -0.2) is 9.37 Å². The van der Waals surface area contributed by atoms with E-state index in [0.29, 0.717) is 48.6 Å². The summed E-state index contributed by atoms with van der Waals surface area (Å²) >= 11 is 0. The topological polar surface area (TPSA) is 131 Å². The van der Waals surface area contributed by atoms with E-state index in [1.807, 2.05) is 24.8 Å². The van der Waals surface area contributed by atoms with Gasteiger partial charge >= 0.3 is 6.01 Å². The summed E-state index contributed by atoms with van der Waals surface area (Å²) < 4.78 is 41.8. The maximum atomic E-state index is 17.3. The molecule has 6 heterocycles. The van der Waals surface area contributed by atoms with Crippen LogP contribution in [0, 0.1) is 25.1 Å². The fraction of sp³-hybridized carbons (Fsp3) is 0.641. The Morgan fingerprint density at radius 2 is 1.88 bits per heavy atom. The third kappa shape index (κ3) is 6.27. The molecule has 1 aliphatic carbocycles. The molecule has 0 amide bonds. The number of pyridine rings is 1. The number of aromatic nitrogens is 5. The number of aliphatic hydroxyl groups is 1. The molecule has 1 saturated carbocycles. The van der Waals surface area contributed by atoms with Gasteiger partial charge in [0.15, 0.2) is 5.82 Å². The predicted octanol–water partition coefficient (Wildman–Crippen LogP) is 5.89. The number of methoxy groups -OCH3 is 1. The molecule has 280 valence electrons. The summed E-state index contributed by atoms with van der Waals surface area (Å²) in [6, 6.07) is 2.99. The van der Waals surface area contributed by atoms with Crippen molar-refractivity contribution in [3.05, 3.63) is 29.2 Å². The number of β-amino-alcohol motifs (C(OH)–C–C–N with tert-alkyl or cyclic N) is 1. The van der Waals surface area contributed by atoms with Crippen LogP contribution >= 0.6 is 0 Å². The van der Waals surface area contributed by atoms with Crippen molar-refractivity contribution in [3.63, 3.8) is 0 Å². The zero-order valence-corrected chi connectivity index (χ0v) is 31.3. The van der Waals surface area contributed by atoms with Crippen LogP contribution in [0.4, 0.5) is 10.2 Å². The smallest absolute Gasteiger partial charge is 0.319 e. The van der Waals surface area contributed by atoms with Gasteiger partial charge in [-0.3, -0.25) is 10.00 Å². The lowest BCUT2D eigenvalue weighted by Crippen LogP contribution is -2.57. The Labute approximate surface area is 304 Å². The third-order valence-corrected chi connectivity index (χ3v) is 12.1. The first-order valence-electron chi connectivity index (χ1n) is 18.9. The Bertz CT molecular complexity index is 1960. The number of hydrogen-bond donors (Lipinski definition) is 2. The van der Waals surface area contributed by atoms with E-state index in [0.717, 1.165) is 73.5 Å². The zero-order valence-electron chi connectivity index (χ0n) is 31.3. The summed E-state index contributed by atoms with van der Waals surface area (Å²) in [5.41, 5.74) is 2.23. The first-order valence-corrected chi connectivity index (χ1v) is 18.9. The molecule has 2 N–H and O–H groups in total. The number of hydrogen-bond acceptors (Lipinski definition) is 11. The van der Waals surface area contributed by atoms with Crippen molar-refractivity contribution in [3.8, 4) is 23.1 Å². The summed E-state index contributed by atoms with van der Waals surface area (Å²) in [4.78, 5) is 19.3. The van der Waals surface area contributed by atoms with Crippen molar-refractivity contribution in [2.24, 2.45) is 5.41 Å². The van der Waals surface area contributed by atoms with Gasteiger partial charge in [0.1, 0.15) is 28.0 Å². The van der Waals surface area contributed by atoms with Crippen molar-refractivity contribution in [2.75, 3.05) is 51.5 Å². The van der Waals surface area contributed by atoms with Crippen molar-refractivity contribution in [2.45, 2.75) is 109 Å². The van der Waals surface area contributed by atoms with E-state index in [4.69, 9.17) is 33.9 Å². The molecule has 1 unspecified atom stereocenters. The molecule has 0 radical (unpaired) electrons. The van der Waals surface area contributed by atoms with E-state index in [9.17, 15) is 5.11 Å². The van der Waals surface area contributed by atoms with Crippen LogP contribution in [0.5, 0.6) is 11.9 Å². The molecule has 1 aromatic carbocycles. The van der Waals surface area contributed by atoms with Crippen LogP contribution in [0.15, 0.2) is 12.3 Å². The highest BCUT2D eigenvalue weighted by atomic mass is 19.1. The molecule has 4 fully saturated rings. The van der Waals surface area contributed by atoms with Crippen LogP contribution in [-0.4, -0.2) is 112 Å². The van der Waals surface area contributed by atoms with E-state index in [-0.39, 0.29) is 53.9 Å². The molecule has 52 heavy (non-hydrogen) atoms. The summed E-state index contributed by atoms with van der Waals surface area (Å²) in [5, 5.41) is 19.5. The SMILES string of the molecule is COc1nc(-c2c(C)c(C)cc3[nH]ncc23)c(F)c2nc(OC[C@]34CCC[C@H]3N(C3C[C@@H](C)O[C@@H](C)C3)CCC4)nc(N3CCOC[C@@](C)(O)C3)c12. The molecule has 3 aliphatic heterocycles. The van der Waals surface area contributed by atoms with Gasteiger partial charge in [-0.15, -0.1) is 0 Å². The molecule has 12 nitrogen and oxygen atoms in total. The highest BCUT2D eigenvalue weighted by molar-refractivity contribution is 6.01. The molecule has 8 rings (SSSR count). The lowest BCUT2D eigenvalue weighted by molar-refractivity contribution is -0.0967. The number of halogens is 1. The van der Waals surface area contributed by atoms with E-state index < -0.39 is 11.4 Å². The van der Waals surface area contributed by atoms with Crippen molar-refractivity contribution >= 4 is 27.6 Å². The van der Waals surface area contributed by atoms with Crippen LogP contribution in [0.25, 0.3) is 33.1 Å². The molecule has 6 atom stereocenters. The largest absolute Gasteiger partial charge is 0.480 e. The zero-order chi connectivity index (χ0) is 36.4. The molecule has 0 spiro atoms. The van der Waals surface area contributed by atoms with Gasteiger partial charge in [0.2, 0.25) is 5.88 Å². The summed E-state index contributed by atoms with van der Waals surface area (Å²) in [6.07, 6.45) is 9.79. The minimum Gasteiger partial charge on any atom is -0.480 e. The number of anilines is 1. The number of ether oxygens (including phenoxy) is 4. The van der Waals surface area contributed by atoms with Crippen molar-refractivity contribution in [1.82, 2.24) is 30.0 Å². The lowest BCUT2D eigenvalue weighted by Gasteiger charge is -2.51. The molecule has 0 bridgehead atoms. The first-order chi connectivity index (χ1) is 25.0. The second-order valence-electron chi connectivity index (χ2n) is 16.1. The quantitative estimate of drug-likeness (QED) is 0.237. The van der Waals surface area contributed by atoms with Gasteiger partial charge in [0.05, 0.1) is 57.4 Å². The van der Waals surface area contributed by atoms with Gasteiger partial charge in [0, 0.05) is 35.0 Å². The monoisotopic (exact) mass is 717 g/mol. The van der Waals surface area contributed by atoms with E-state index in [1.54, 1.807) is 13.1 Å². The van der Waals surface area contributed by atoms with Crippen molar-refractivity contribution < 1.29 is 28.4 Å². The van der Waals surface area contributed by atoms with Gasteiger partial charge in [-0.2, -0.15) is 15.1 Å². The Balaban J connectivity index is 1.23. The van der Waals surface area contributed by atoms with Crippen LogP contribution in [0.2, 0.25) is 0 Å². The second kappa shape index (κ2) is 13.6. The van der Waals surface area contributed by atoms with Crippen LogP contribution in [0.1, 0.15) is 76.8 Å². The van der Waals surface area contributed by atoms with Crippen LogP contribution in [-0.2, 0) is 9.47 Å². The Hall–Kier alpha value is -3.65. The Kier molecular flexibility index (Phi) is 9.28. The van der Waals surface area contributed by atoms with Gasteiger partial charge in [0.25, 0.3) is 0 Å². The fourth-order valence-corrected chi connectivity index (χ4v) is 9.75. The van der Waals surface area contributed by atoms with E-state index >= 15 is 4.39 Å². The second-order valence-corrected chi connectivity index (χ2v) is 16.1.